The molecule has 0 saturated carbocycles. The molecule has 0 fully saturated rings. The maximum Gasteiger partial charge on any atom is 0.347 e. The molecule has 0 atom stereocenters. The second-order valence-electron chi connectivity index (χ2n) is 5.59. The Labute approximate surface area is 155 Å². The number of aryl methyl sites for hydroxylation is 1. The third-order valence-corrected chi connectivity index (χ3v) is 5.01. The van der Waals surface area contributed by atoms with Gasteiger partial charge in [0.2, 0.25) is 0 Å². The van der Waals surface area contributed by atoms with Gasteiger partial charge in [0.15, 0.2) is 11.5 Å². The number of ether oxygens (including phenoxy) is 2. The Morgan fingerprint density at radius 2 is 1.92 bits per heavy atom. The van der Waals surface area contributed by atoms with Gasteiger partial charge in [-0.05, 0) is 30.2 Å². The molecular weight excluding hydrogens is 350 g/mol. The van der Waals surface area contributed by atoms with E-state index in [0.717, 1.165) is 11.1 Å². The van der Waals surface area contributed by atoms with Crippen LogP contribution in [0, 0.1) is 0 Å². The maximum atomic E-state index is 11.4. The zero-order chi connectivity index (χ0) is 18.5. The number of aromatic nitrogens is 1. The standard InChI is InChI=1S/C20H19NO4S/c1-3-15-18(20(22)23)26-19(21-15)14-9-10-16(24-2)17(11-14)25-12-13-7-5-4-6-8-13/h4-11H,3,12H2,1-2H3,(H,22,23). The van der Waals surface area contributed by atoms with Gasteiger partial charge in [-0.25, -0.2) is 9.78 Å². The molecule has 0 spiro atoms. The molecule has 1 heterocycles. The summed E-state index contributed by atoms with van der Waals surface area (Å²) in [5.74, 6) is 0.272. The number of rotatable bonds is 7. The molecule has 2 aromatic carbocycles. The summed E-state index contributed by atoms with van der Waals surface area (Å²) in [5, 5.41) is 9.99. The van der Waals surface area contributed by atoms with Crippen molar-refractivity contribution in [1.29, 1.82) is 0 Å². The molecule has 0 radical (unpaired) electrons. The zero-order valence-electron chi connectivity index (χ0n) is 14.6. The Kier molecular flexibility index (Phi) is 5.53. The van der Waals surface area contributed by atoms with Gasteiger partial charge in [0.05, 0.1) is 12.8 Å². The van der Waals surface area contributed by atoms with Gasteiger partial charge in [-0.3, -0.25) is 0 Å². The summed E-state index contributed by atoms with van der Waals surface area (Å²) in [6.45, 7) is 2.31. The number of methoxy groups -OCH3 is 1. The van der Waals surface area contributed by atoms with Gasteiger partial charge in [0.1, 0.15) is 16.5 Å². The normalized spacial score (nSPS) is 10.5. The first-order valence-electron chi connectivity index (χ1n) is 8.20. The molecule has 3 aromatic rings. The molecule has 0 aliphatic heterocycles. The number of aromatic carboxylic acids is 1. The number of benzene rings is 2. The monoisotopic (exact) mass is 369 g/mol. The zero-order valence-corrected chi connectivity index (χ0v) is 15.4. The van der Waals surface area contributed by atoms with Gasteiger partial charge in [-0.15, -0.1) is 11.3 Å². The summed E-state index contributed by atoms with van der Waals surface area (Å²) in [5.41, 5.74) is 2.46. The molecule has 0 unspecified atom stereocenters. The molecule has 26 heavy (non-hydrogen) atoms. The van der Waals surface area contributed by atoms with Crippen molar-refractivity contribution in [3.63, 3.8) is 0 Å². The van der Waals surface area contributed by atoms with Crippen LogP contribution in [0.2, 0.25) is 0 Å². The summed E-state index contributed by atoms with van der Waals surface area (Å²) in [6, 6.07) is 15.4. The van der Waals surface area contributed by atoms with E-state index in [0.29, 0.717) is 35.2 Å². The first kappa shape index (κ1) is 17.9. The van der Waals surface area contributed by atoms with Crippen LogP contribution in [0.1, 0.15) is 27.9 Å². The van der Waals surface area contributed by atoms with Gasteiger partial charge in [-0.1, -0.05) is 37.3 Å². The van der Waals surface area contributed by atoms with E-state index in [1.165, 1.54) is 11.3 Å². The second kappa shape index (κ2) is 8.01. The van der Waals surface area contributed by atoms with Crippen molar-refractivity contribution in [2.45, 2.75) is 20.0 Å². The maximum absolute atomic E-state index is 11.4. The number of thiazole rings is 1. The topological polar surface area (TPSA) is 68.7 Å². The van der Waals surface area contributed by atoms with Crippen molar-refractivity contribution in [2.24, 2.45) is 0 Å². The Morgan fingerprint density at radius 3 is 2.54 bits per heavy atom. The van der Waals surface area contributed by atoms with Crippen molar-refractivity contribution in [3.8, 4) is 22.1 Å². The van der Waals surface area contributed by atoms with Crippen LogP contribution in [0.4, 0.5) is 0 Å². The van der Waals surface area contributed by atoms with Crippen LogP contribution in [0.25, 0.3) is 10.6 Å². The van der Waals surface area contributed by atoms with E-state index >= 15 is 0 Å². The molecule has 0 bridgehead atoms. The first-order chi connectivity index (χ1) is 12.6. The lowest BCUT2D eigenvalue weighted by molar-refractivity contribution is 0.0701. The molecule has 0 aliphatic carbocycles. The second-order valence-corrected chi connectivity index (χ2v) is 6.59. The number of carbonyl (C=O) groups is 1. The lowest BCUT2D eigenvalue weighted by atomic mass is 10.2. The largest absolute Gasteiger partial charge is 0.493 e. The molecule has 6 heteroatoms. The van der Waals surface area contributed by atoms with Crippen LogP contribution >= 0.6 is 11.3 Å². The highest BCUT2D eigenvalue weighted by atomic mass is 32.1. The van der Waals surface area contributed by atoms with Gasteiger partial charge in [0.25, 0.3) is 0 Å². The molecule has 3 rings (SSSR count). The molecule has 0 amide bonds. The van der Waals surface area contributed by atoms with Crippen molar-refractivity contribution < 1.29 is 19.4 Å². The van der Waals surface area contributed by atoms with Crippen LogP contribution < -0.4 is 9.47 Å². The quantitative estimate of drug-likeness (QED) is 0.656. The van der Waals surface area contributed by atoms with Gasteiger partial charge in [0, 0.05) is 5.56 Å². The molecule has 0 aliphatic rings. The van der Waals surface area contributed by atoms with Crippen LogP contribution in [0.15, 0.2) is 48.5 Å². The van der Waals surface area contributed by atoms with E-state index in [9.17, 15) is 9.90 Å². The Morgan fingerprint density at radius 1 is 1.15 bits per heavy atom. The Balaban J connectivity index is 1.91. The van der Waals surface area contributed by atoms with Crippen molar-refractivity contribution in [2.75, 3.05) is 7.11 Å². The molecule has 1 aromatic heterocycles. The van der Waals surface area contributed by atoms with E-state index in [4.69, 9.17) is 9.47 Å². The van der Waals surface area contributed by atoms with Crippen molar-refractivity contribution in [1.82, 2.24) is 4.98 Å². The molecule has 0 saturated heterocycles. The molecule has 1 N–H and O–H groups in total. The lowest BCUT2D eigenvalue weighted by Gasteiger charge is -2.12. The Hall–Kier alpha value is -2.86. The number of carboxylic acids is 1. The van der Waals surface area contributed by atoms with E-state index in [1.54, 1.807) is 7.11 Å². The number of nitrogens with zero attached hydrogens (tertiary/aromatic N) is 1. The summed E-state index contributed by atoms with van der Waals surface area (Å²) < 4.78 is 11.3. The highest BCUT2D eigenvalue weighted by Crippen LogP contribution is 2.35. The fraction of sp³-hybridized carbons (Fsp3) is 0.200. The van der Waals surface area contributed by atoms with Crippen molar-refractivity contribution in [3.05, 3.63) is 64.7 Å². The van der Waals surface area contributed by atoms with Crippen molar-refractivity contribution >= 4 is 17.3 Å². The predicted octanol–water partition coefficient (Wildman–Crippen LogP) is 4.66. The fourth-order valence-electron chi connectivity index (χ4n) is 2.54. The summed E-state index contributed by atoms with van der Waals surface area (Å²) in [4.78, 5) is 16.1. The minimum Gasteiger partial charge on any atom is -0.493 e. The number of carboxylic acid groups (broad SMARTS) is 1. The SMILES string of the molecule is CCc1nc(-c2ccc(OC)c(OCc3ccccc3)c2)sc1C(=O)O. The average molecular weight is 369 g/mol. The highest BCUT2D eigenvalue weighted by molar-refractivity contribution is 7.17. The van der Waals surface area contributed by atoms with E-state index in [1.807, 2.05) is 55.5 Å². The van der Waals surface area contributed by atoms with E-state index in [-0.39, 0.29) is 4.88 Å². The minimum absolute atomic E-state index is 0.282. The molecule has 134 valence electrons. The summed E-state index contributed by atoms with van der Waals surface area (Å²) >= 11 is 1.17. The number of hydrogen-bond acceptors (Lipinski definition) is 5. The third-order valence-electron chi connectivity index (χ3n) is 3.87. The van der Waals surface area contributed by atoms with Gasteiger partial charge in [-0.2, -0.15) is 0 Å². The van der Waals surface area contributed by atoms with E-state index in [2.05, 4.69) is 4.98 Å². The third kappa shape index (κ3) is 3.86. The van der Waals surface area contributed by atoms with Crippen LogP contribution in [-0.4, -0.2) is 23.2 Å². The van der Waals surface area contributed by atoms with Crippen LogP contribution in [0.5, 0.6) is 11.5 Å². The smallest absolute Gasteiger partial charge is 0.347 e. The minimum atomic E-state index is -0.945. The van der Waals surface area contributed by atoms with Gasteiger partial charge < -0.3 is 14.6 Å². The molecular formula is C20H19NO4S. The lowest BCUT2D eigenvalue weighted by Crippen LogP contribution is -1.98. The van der Waals surface area contributed by atoms with Gasteiger partial charge >= 0.3 is 5.97 Å². The predicted molar refractivity (Wildman–Crippen MR) is 101 cm³/mol. The molecule has 5 nitrogen and oxygen atoms in total. The Bertz CT molecular complexity index is 905. The first-order valence-corrected chi connectivity index (χ1v) is 9.02. The highest BCUT2D eigenvalue weighted by Gasteiger charge is 2.18. The van der Waals surface area contributed by atoms with Crippen LogP contribution in [0.3, 0.4) is 0 Å². The van der Waals surface area contributed by atoms with Crippen LogP contribution in [-0.2, 0) is 13.0 Å². The van der Waals surface area contributed by atoms with E-state index < -0.39 is 5.97 Å². The average Bonchev–Trinajstić information content (AvgIpc) is 3.12. The number of hydrogen-bond donors (Lipinski definition) is 1. The summed E-state index contributed by atoms with van der Waals surface area (Å²) in [6.07, 6.45) is 0.575. The summed E-state index contributed by atoms with van der Waals surface area (Å²) in [7, 11) is 1.59. The fourth-order valence-corrected chi connectivity index (χ4v) is 3.53.